The Morgan fingerprint density at radius 1 is 1.07 bits per heavy atom. The smallest absolute Gasteiger partial charge is 0.411 e. The molecular formula is C32H30F5N5O4. The van der Waals surface area contributed by atoms with Gasteiger partial charge in [-0.2, -0.15) is 13.2 Å². The largest absolute Gasteiger partial charge is 0.467 e. The molecule has 1 aliphatic heterocycles. The number of pyridine rings is 1. The van der Waals surface area contributed by atoms with E-state index in [1.807, 2.05) is 20.8 Å². The number of hydrogen-bond acceptors (Lipinski definition) is 8. The quantitative estimate of drug-likeness (QED) is 0.217. The fraction of sp³-hybridized carbons (Fsp3) is 0.344. The Kier molecular flexibility index (Phi) is 9.20. The van der Waals surface area contributed by atoms with Crippen molar-refractivity contribution >= 4 is 28.5 Å². The lowest BCUT2D eigenvalue weighted by Crippen LogP contribution is -2.53. The van der Waals surface area contributed by atoms with E-state index in [1.54, 1.807) is 30.5 Å². The van der Waals surface area contributed by atoms with E-state index >= 15 is 8.78 Å². The molecule has 0 spiro atoms. The molecule has 0 aliphatic carbocycles. The van der Waals surface area contributed by atoms with Gasteiger partial charge in [0, 0.05) is 35.8 Å². The number of aromatic nitrogens is 3. The predicted molar refractivity (Wildman–Crippen MR) is 158 cm³/mol. The maximum atomic E-state index is 15.2. The summed E-state index contributed by atoms with van der Waals surface area (Å²) >= 11 is 0. The van der Waals surface area contributed by atoms with E-state index in [4.69, 9.17) is 14.5 Å². The third-order valence-corrected chi connectivity index (χ3v) is 7.90. The highest BCUT2D eigenvalue weighted by Crippen LogP contribution is 2.33. The Morgan fingerprint density at radius 3 is 2.43 bits per heavy atom. The zero-order valence-corrected chi connectivity index (χ0v) is 25.3. The van der Waals surface area contributed by atoms with Crippen LogP contribution in [0.25, 0.3) is 22.2 Å². The lowest BCUT2D eigenvalue weighted by molar-refractivity contribution is -0.167. The number of aryl methyl sites for hydroxylation is 3. The molecule has 0 unspecified atom stereocenters. The van der Waals surface area contributed by atoms with Crippen LogP contribution in [-0.4, -0.2) is 72.0 Å². The number of fused-ring (bicyclic) bond motifs is 1. The fourth-order valence-corrected chi connectivity index (χ4v) is 5.48. The average Bonchev–Trinajstić information content (AvgIpc) is 3.01. The first-order chi connectivity index (χ1) is 21.8. The number of carbonyl (C=O) groups excluding carboxylic acids is 2. The highest BCUT2D eigenvalue weighted by Gasteiger charge is 2.46. The normalized spacial score (nSPS) is 15.9. The van der Waals surface area contributed by atoms with E-state index in [0.717, 1.165) is 23.4 Å². The molecule has 2 aromatic heterocycles. The molecule has 1 amide bonds. The molecule has 3 heterocycles. The highest BCUT2D eigenvalue weighted by atomic mass is 19.4. The molecule has 4 aromatic rings. The Bertz CT molecular complexity index is 1790. The number of rotatable bonds is 7. The van der Waals surface area contributed by atoms with E-state index in [0.29, 0.717) is 45.6 Å². The van der Waals surface area contributed by atoms with Gasteiger partial charge in [-0.05, 0) is 44.5 Å². The number of benzene rings is 2. The van der Waals surface area contributed by atoms with E-state index < -0.39 is 59.6 Å². The average molecular weight is 644 g/mol. The Balaban J connectivity index is 1.45. The summed E-state index contributed by atoms with van der Waals surface area (Å²) in [6.07, 6.45) is -3.26. The molecule has 1 fully saturated rings. The van der Waals surface area contributed by atoms with Crippen LogP contribution in [0.15, 0.2) is 42.6 Å². The number of hydrogen-bond donors (Lipinski definition) is 1. The van der Waals surface area contributed by atoms with Crippen LogP contribution < -0.4 is 10.2 Å². The van der Waals surface area contributed by atoms with E-state index in [9.17, 15) is 22.8 Å². The van der Waals surface area contributed by atoms with Crippen LogP contribution in [0.1, 0.15) is 33.0 Å². The molecule has 2 atom stereocenters. The van der Waals surface area contributed by atoms with Gasteiger partial charge in [-0.15, -0.1) is 0 Å². The summed E-state index contributed by atoms with van der Waals surface area (Å²) in [5.74, 6) is -4.96. The summed E-state index contributed by atoms with van der Waals surface area (Å²) in [4.78, 5) is 40.5. The monoisotopic (exact) mass is 643 g/mol. The van der Waals surface area contributed by atoms with Crippen LogP contribution in [0.5, 0.6) is 0 Å². The number of nitrogens with one attached hydrogen (secondary N) is 1. The summed E-state index contributed by atoms with van der Waals surface area (Å²) in [6.45, 7) is 4.48. The van der Waals surface area contributed by atoms with Gasteiger partial charge in [0.2, 0.25) is 0 Å². The number of alkyl halides is 3. The molecule has 1 N–H and O–H groups in total. The minimum absolute atomic E-state index is 0.0816. The first kappa shape index (κ1) is 32.7. The number of ether oxygens (including phenoxy) is 2. The summed E-state index contributed by atoms with van der Waals surface area (Å²) in [7, 11) is 1.10. The number of esters is 1. The van der Waals surface area contributed by atoms with Crippen molar-refractivity contribution in [2.24, 2.45) is 0 Å². The van der Waals surface area contributed by atoms with Gasteiger partial charge in [-0.1, -0.05) is 18.2 Å². The molecule has 0 bridgehead atoms. The summed E-state index contributed by atoms with van der Waals surface area (Å²) < 4.78 is 80.9. The van der Waals surface area contributed by atoms with E-state index in [-0.39, 0.29) is 19.6 Å². The lowest BCUT2D eigenvalue weighted by atomic mass is 9.96. The maximum Gasteiger partial charge on any atom is 0.411 e. The van der Waals surface area contributed by atoms with Crippen LogP contribution in [0.2, 0.25) is 0 Å². The van der Waals surface area contributed by atoms with Crippen molar-refractivity contribution in [3.8, 4) is 11.3 Å². The van der Waals surface area contributed by atoms with Gasteiger partial charge in [0.05, 0.1) is 48.6 Å². The third-order valence-electron chi connectivity index (χ3n) is 7.90. The van der Waals surface area contributed by atoms with Gasteiger partial charge in [0.25, 0.3) is 5.91 Å². The van der Waals surface area contributed by atoms with Gasteiger partial charge >= 0.3 is 12.1 Å². The summed E-state index contributed by atoms with van der Waals surface area (Å²) in [6, 6.07) is 4.78. The second-order valence-electron chi connectivity index (χ2n) is 10.9. The zero-order chi connectivity index (χ0) is 33.3. The molecule has 0 radical (unpaired) electrons. The minimum Gasteiger partial charge on any atom is -0.467 e. The number of carbonyl (C=O) groups is 2. The van der Waals surface area contributed by atoms with Crippen LogP contribution >= 0.6 is 0 Å². The first-order valence-corrected chi connectivity index (χ1v) is 14.3. The number of amides is 1. The Morgan fingerprint density at radius 2 is 1.76 bits per heavy atom. The Hall–Kier alpha value is -4.72. The standard InChI is InChI=1S/C32H30F5N5O4/c1-16-17(2)40-28(18(3)39-16)22-8-7-19(21-6-5-9-38-29(21)22)12-25(31(44)45-4)41-30(43)27-23(33)13-20(14-24(27)34)42-10-11-46-15-26(42)32(35,36)37/h5-9,13-14,25-26H,10-12,15H2,1-4H3,(H,41,43)/t25-,26+/m0/s1. The molecule has 2 aromatic carbocycles. The van der Waals surface area contributed by atoms with Gasteiger partial charge < -0.3 is 19.7 Å². The zero-order valence-electron chi connectivity index (χ0n) is 25.3. The first-order valence-electron chi connectivity index (χ1n) is 14.3. The molecule has 1 aliphatic rings. The highest BCUT2D eigenvalue weighted by molar-refractivity contribution is 5.98. The van der Waals surface area contributed by atoms with Crippen molar-refractivity contribution in [3.63, 3.8) is 0 Å². The molecule has 0 saturated carbocycles. The molecule has 9 nitrogen and oxygen atoms in total. The van der Waals surface area contributed by atoms with Crippen molar-refractivity contribution in [2.45, 2.75) is 45.5 Å². The van der Waals surface area contributed by atoms with Crippen LogP contribution in [0.4, 0.5) is 27.6 Å². The minimum atomic E-state index is -4.72. The van der Waals surface area contributed by atoms with Gasteiger partial charge in [-0.25, -0.2) is 18.6 Å². The SMILES string of the molecule is COC(=O)[C@H](Cc1ccc(-c2nc(C)c(C)nc2C)c2ncccc12)NC(=O)c1c(F)cc(N2CCOC[C@@H]2C(F)(F)F)cc1F. The van der Waals surface area contributed by atoms with Gasteiger partial charge in [-0.3, -0.25) is 14.8 Å². The molecule has 242 valence electrons. The molecule has 14 heteroatoms. The molecule has 46 heavy (non-hydrogen) atoms. The van der Waals surface area contributed by atoms with Crippen molar-refractivity contribution in [3.05, 3.63) is 82.4 Å². The fourth-order valence-electron chi connectivity index (χ4n) is 5.48. The van der Waals surface area contributed by atoms with Crippen LogP contribution in [0.3, 0.4) is 0 Å². The number of nitrogens with zero attached hydrogens (tertiary/aromatic N) is 4. The van der Waals surface area contributed by atoms with Crippen LogP contribution in [-0.2, 0) is 20.7 Å². The lowest BCUT2D eigenvalue weighted by Gasteiger charge is -2.38. The van der Waals surface area contributed by atoms with Gasteiger partial charge in [0.1, 0.15) is 29.3 Å². The third kappa shape index (κ3) is 6.48. The number of methoxy groups -OCH3 is 1. The molecule has 1 saturated heterocycles. The second-order valence-corrected chi connectivity index (χ2v) is 10.9. The predicted octanol–water partition coefficient (Wildman–Crippen LogP) is 5.18. The number of halogens is 5. The number of morpholine rings is 1. The number of anilines is 1. The Labute approximate surface area is 260 Å². The summed E-state index contributed by atoms with van der Waals surface area (Å²) in [5.41, 5.74) is 3.24. The van der Waals surface area contributed by atoms with Crippen molar-refractivity contribution in [1.82, 2.24) is 20.3 Å². The van der Waals surface area contributed by atoms with Gasteiger partial charge in [0.15, 0.2) is 0 Å². The second kappa shape index (κ2) is 12.9. The van der Waals surface area contributed by atoms with Crippen molar-refractivity contribution in [1.29, 1.82) is 0 Å². The van der Waals surface area contributed by atoms with E-state index in [2.05, 4.69) is 15.3 Å². The maximum absolute atomic E-state index is 15.2. The molecular weight excluding hydrogens is 613 g/mol. The van der Waals surface area contributed by atoms with E-state index in [1.165, 1.54) is 0 Å². The van der Waals surface area contributed by atoms with Crippen molar-refractivity contribution < 1.29 is 41.0 Å². The topological polar surface area (TPSA) is 107 Å². The van der Waals surface area contributed by atoms with Crippen LogP contribution in [0, 0.1) is 32.4 Å². The molecule has 5 rings (SSSR count). The summed E-state index contributed by atoms with van der Waals surface area (Å²) in [5, 5.41) is 2.96. The van der Waals surface area contributed by atoms with Crippen molar-refractivity contribution in [2.75, 3.05) is 31.8 Å².